The van der Waals surface area contributed by atoms with Crippen molar-refractivity contribution in [2.75, 3.05) is 11.4 Å². The lowest BCUT2D eigenvalue weighted by molar-refractivity contribution is -0.135. The molecule has 0 aliphatic heterocycles. The maximum Gasteiger partial charge on any atom is 0.323 e. The van der Waals surface area contributed by atoms with Gasteiger partial charge in [-0.05, 0) is 48.1 Å². The first kappa shape index (κ1) is 13.7. The summed E-state index contributed by atoms with van der Waals surface area (Å²) in [6, 6.07) is 16.3. The summed E-state index contributed by atoms with van der Waals surface area (Å²) in [5.74, 6) is -0.806. The number of nitrogens with zero attached hydrogens (tertiary/aromatic N) is 1. The molecule has 0 radical (unpaired) electrons. The molecule has 0 fully saturated rings. The number of aliphatic carboxylic acids is 1. The van der Waals surface area contributed by atoms with Crippen molar-refractivity contribution in [3.63, 3.8) is 0 Å². The first-order valence-electron chi connectivity index (χ1n) is 7.35. The van der Waals surface area contributed by atoms with Gasteiger partial charge in [-0.15, -0.1) is 0 Å². The van der Waals surface area contributed by atoms with Gasteiger partial charge in [0.1, 0.15) is 6.54 Å². The van der Waals surface area contributed by atoms with Crippen molar-refractivity contribution in [3.8, 4) is 0 Å². The van der Waals surface area contributed by atoms with Crippen LogP contribution in [0.5, 0.6) is 0 Å². The molecule has 3 heteroatoms. The van der Waals surface area contributed by atoms with Gasteiger partial charge in [-0.3, -0.25) is 4.79 Å². The fraction of sp³-hybridized carbons (Fsp3) is 0.278. The summed E-state index contributed by atoms with van der Waals surface area (Å²) in [4.78, 5) is 13.0. The minimum Gasteiger partial charge on any atom is -0.480 e. The van der Waals surface area contributed by atoms with Crippen molar-refractivity contribution in [1.82, 2.24) is 0 Å². The Hall–Kier alpha value is -2.29. The molecule has 0 bridgehead atoms. The first-order chi connectivity index (χ1) is 10.2. The van der Waals surface area contributed by atoms with Crippen molar-refractivity contribution in [2.24, 2.45) is 0 Å². The number of fused-ring (bicyclic) bond motifs is 1. The minimum atomic E-state index is -0.806. The molecule has 0 aromatic heterocycles. The van der Waals surface area contributed by atoms with Crippen LogP contribution in [0.3, 0.4) is 0 Å². The fourth-order valence-corrected chi connectivity index (χ4v) is 2.98. The van der Waals surface area contributed by atoms with Gasteiger partial charge in [0.25, 0.3) is 0 Å². The number of carboxylic acids is 1. The standard InChI is InChI=1S/C18H19NO2/c20-18(21)13-19(17-7-2-1-3-8-17)12-14-9-10-15-5-4-6-16(15)11-14/h1-3,7-11H,4-6,12-13H2,(H,20,21). The van der Waals surface area contributed by atoms with Gasteiger partial charge in [0.2, 0.25) is 0 Å². The van der Waals surface area contributed by atoms with Crippen LogP contribution in [-0.2, 0) is 24.2 Å². The van der Waals surface area contributed by atoms with E-state index in [0.717, 1.165) is 12.1 Å². The van der Waals surface area contributed by atoms with Crippen LogP contribution in [0, 0.1) is 0 Å². The molecule has 0 atom stereocenters. The van der Waals surface area contributed by atoms with E-state index in [2.05, 4.69) is 18.2 Å². The summed E-state index contributed by atoms with van der Waals surface area (Å²) in [5, 5.41) is 9.14. The molecular formula is C18H19NO2. The van der Waals surface area contributed by atoms with E-state index in [1.807, 2.05) is 35.2 Å². The van der Waals surface area contributed by atoms with Gasteiger partial charge in [-0.25, -0.2) is 0 Å². The van der Waals surface area contributed by atoms with Crippen LogP contribution in [0.15, 0.2) is 48.5 Å². The average Bonchev–Trinajstić information content (AvgIpc) is 2.94. The summed E-state index contributed by atoms with van der Waals surface area (Å²) in [7, 11) is 0. The lowest BCUT2D eigenvalue weighted by Crippen LogP contribution is -2.29. The number of anilines is 1. The summed E-state index contributed by atoms with van der Waals surface area (Å²) >= 11 is 0. The van der Waals surface area contributed by atoms with Gasteiger partial charge in [-0.2, -0.15) is 0 Å². The minimum absolute atomic E-state index is 0.0150. The second-order valence-corrected chi connectivity index (χ2v) is 5.54. The molecule has 2 aromatic carbocycles. The quantitative estimate of drug-likeness (QED) is 0.914. The van der Waals surface area contributed by atoms with Gasteiger partial charge < -0.3 is 10.0 Å². The smallest absolute Gasteiger partial charge is 0.323 e. The largest absolute Gasteiger partial charge is 0.480 e. The molecule has 0 heterocycles. The molecular weight excluding hydrogens is 262 g/mol. The zero-order chi connectivity index (χ0) is 14.7. The number of para-hydroxylation sites is 1. The summed E-state index contributed by atoms with van der Waals surface area (Å²) < 4.78 is 0. The summed E-state index contributed by atoms with van der Waals surface area (Å²) in [5.41, 5.74) is 5.00. The topological polar surface area (TPSA) is 40.5 Å². The highest BCUT2D eigenvalue weighted by Gasteiger charge is 2.14. The van der Waals surface area contributed by atoms with Crippen LogP contribution in [0.4, 0.5) is 5.69 Å². The molecule has 0 saturated carbocycles. The maximum absolute atomic E-state index is 11.1. The Balaban J connectivity index is 1.82. The monoisotopic (exact) mass is 281 g/mol. The molecule has 1 N–H and O–H groups in total. The molecule has 3 nitrogen and oxygen atoms in total. The van der Waals surface area contributed by atoms with Crippen molar-refractivity contribution < 1.29 is 9.90 Å². The third-order valence-electron chi connectivity index (χ3n) is 3.98. The second-order valence-electron chi connectivity index (χ2n) is 5.54. The Labute approximate surface area is 124 Å². The fourth-order valence-electron chi connectivity index (χ4n) is 2.98. The number of hydrogen-bond acceptors (Lipinski definition) is 2. The Morgan fingerprint density at radius 2 is 1.81 bits per heavy atom. The Morgan fingerprint density at radius 3 is 2.57 bits per heavy atom. The molecule has 3 rings (SSSR count). The van der Waals surface area contributed by atoms with Gasteiger partial charge in [0.15, 0.2) is 0 Å². The molecule has 0 saturated heterocycles. The van der Waals surface area contributed by atoms with Crippen LogP contribution in [0.1, 0.15) is 23.1 Å². The lowest BCUT2D eigenvalue weighted by Gasteiger charge is -2.23. The van der Waals surface area contributed by atoms with E-state index in [-0.39, 0.29) is 6.54 Å². The lowest BCUT2D eigenvalue weighted by atomic mass is 10.1. The number of benzene rings is 2. The Bertz CT molecular complexity index is 637. The number of rotatable bonds is 5. The van der Waals surface area contributed by atoms with E-state index in [4.69, 9.17) is 5.11 Å². The van der Waals surface area contributed by atoms with Crippen molar-refractivity contribution in [2.45, 2.75) is 25.8 Å². The first-order valence-corrected chi connectivity index (χ1v) is 7.35. The van der Waals surface area contributed by atoms with Gasteiger partial charge in [0, 0.05) is 12.2 Å². The summed E-state index contributed by atoms with van der Waals surface area (Å²) in [6.07, 6.45) is 3.55. The van der Waals surface area contributed by atoms with E-state index in [1.54, 1.807) is 0 Å². The van der Waals surface area contributed by atoms with Crippen LogP contribution in [-0.4, -0.2) is 17.6 Å². The van der Waals surface area contributed by atoms with Crippen LogP contribution >= 0.6 is 0 Å². The molecule has 0 spiro atoms. The molecule has 0 amide bonds. The van der Waals surface area contributed by atoms with E-state index in [9.17, 15) is 4.79 Å². The highest BCUT2D eigenvalue weighted by Crippen LogP contribution is 2.24. The average molecular weight is 281 g/mol. The Kier molecular flexibility index (Phi) is 3.91. The van der Waals surface area contributed by atoms with E-state index in [0.29, 0.717) is 6.54 Å². The third-order valence-corrected chi connectivity index (χ3v) is 3.98. The molecule has 1 aliphatic rings. The van der Waals surface area contributed by atoms with E-state index in [1.165, 1.54) is 29.5 Å². The van der Waals surface area contributed by atoms with Crippen molar-refractivity contribution in [3.05, 3.63) is 65.2 Å². The van der Waals surface area contributed by atoms with Gasteiger partial charge >= 0.3 is 5.97 Å². The predicted molar refractivity (Wildman–Crippen MR) is 83.6 cm³/mol. The van der Waals surface area contributed by atoms with E-state index >= 15 is 0 Å². The SMILES string of the molecule is O=C(O)CN(Cc1ccc2c(c1)CCC2)c1ccccc1. The zero-order valence-electron chi connectivity index (χ0n) is 12.0. The van der Waals surface area contributed by atoms with Crippen LogP contribution in [0.25, 0.3) is 0 Å². The van der Waals surface area contributed by atoms with Crippen molar-refractivity contribution in [1.29, 1.82) is 0 Å². The highest BCUT2D eigenvalue weighted by atomic mass is 16.4. The maximum atomic E-state index is 11.1. The van der Waals surface area contributed by atoms with E-state index < -0.39 is 5.97 Å². The predicted octanol–water partition coefficient (Wildman–Crippen LogP) is 3.27. The molecule has 2 aromatic rings. The molecule has 1 aliphatic carbocycles. The highest BCUT2D eigenvalue weighted by molar-refractivity contribution is 5.73. The molecule has 108 valence electrons. The van der Waals surface area contributed by atoms with Crippen LogP contribution in [0.2, 0.25) is 0 Å². The normalized spacial score (nSPS) is 13.0. The second kappa shape index (κ2) is 6.00. The van der Waals surface area contributed by atoms with Crippen LogP contribution < -0.4 is 4.90 Å². The molecule has 0 unspecified atom stereocenters. The molecule has 21 heavy (non-hydrogen) atoms. The van der Waals surface area contributed by atoms with Gasteiger partial charge in [-0.1, -0.05) is 36.4 Å². The number of carboxylic acid groups (broad SMARTS) is 1. The third kappa shape index (κ3) is 3.24. The van der Waals surface area contributed by atoms with Crippen molar-refractivity contribution >= 4 is 11.7 Å². The zero-order valence-corrected chi connectivity index (χ0v) is 12.0. The Morgan fingerprint density at radius 1 is 1.05 bits per heavy atom. The number of hydrogen-bond donors (Lipinski definition) is 1. The number of carbonyl (C=O) groups is 1. The number of aryl methyl sites for hydroxylation is 2. The summed E-state index contributed by atoms with van der Waals surface area (Å²) in [6.45, 7) is 0.644. The van der Waals surface area contributed by atoms with Gasteiger partial charge in [0.05, 0.1) is 0 Å².